The average molecular weight is 134 g/mol. The summed E-state index contributed by atoms with van der Waals surface area (Å²) in [6.07, 6.45) is 10.0. The van der Waals surface area contributed by atoms with Gasteiger partial charge in [0.1, 0.15) is 0 Å². The van der Waals surface area contributed by atoms with Crippen molar-refractivity contribution in [2.45, 2.75) is 32.1 Å². The lowest BCUT2D eigenvalue weighted by atomic mass is 9.87. The van der Waals surface area contributed by atoms with E-state index in [0.29, 0.717) is 0 Å². The average Bonchev–Trinajstić information content (AvgIpc) is 2.64. The SMILES string of the molecule is C1=C2C(CCC1)CC1CC21. The van der Waals surface area contributed by atoms with E-state index in [9.17, 15) is 0 Å². The van der Waals surface area contributed by atoms with Crippen LogP contribution in [-0.4, -0.2) is 0 Å². The molecule has 0 nitrogen and oxygen atoms in total. The Balaban J connectivity index is 1.95. The molecule has 0 radical (unpaired) electrons. The van der Waals surface area contributed by atoms with Crippen molar-refractivity contribution >= 4 is 0 Å². The van der Waals surface area contributed by atoms with Gasteiger partial charge in [0, 0.05) is 0 Å². The fraction of sp³-hybridized carbons (Fsp3) is 0.800. The topological polar surface area (TPSA) is 0 Å². The highest BCUT2D eigenvalue weighted by atomic mass is 14.5. The monoisotopic (exact) mass is 134 g/mol. The Morgan fingerprint density at radius 3 is 3.20 bits per heavy atom. The van der Waals surface area contributed by atoms with Gasteiger partial charge in [-0.1, -0.05) is 11.6 Å². The molecular weight excluding hydrogens is 120 g/mol. The van der Waals surface area contributed by atoms with Crippen LogP contribution in [0.25, 0.3) is 0 Å². The van der Waals surface area contributed by atoms with Crippen LogP contribution in [0.3, 0.4) is 0 Å². The lowest BCUT2D eigenvalue weighted by Crippen LogP contribution is -2.04. The van der Waals surface area contributed by atoms with Crippen LogP contribution in [0.5, 0.6) is 0 Å². The predicted octanol–water partition coefficient (Wildman–Crippen LogP) is 2.75. The molecule has 0 aromatic heterocycles. The van der Waals surface area contributed by atoms with Crippen molar-refractivity contribution in [1.29, 1.82) is 0 Å². The van der Waals surface area contributed by atoms with Gasteiger partial charge in [0.25, 0.3) is 0 Å². The second kappa shape index (κ2) is 1.66. The fourth-order valence-corrected chi connectivity index (χ4v) is 2.96. The molecule has 3 aliphatic rings. The van der Waals surface area contributed by atoms with Gasteiger partial charge in [-0.15, -0.1) is 0 Å². The molecule has 3 unspecified atom stereocenters. The van der Waals surface area contributed by atoms with Gasteiger partial charge < -0.3 is 0 Å². The summed E-state index contributed by atoms with van der Waals surface area (Å²) < 4.78 is 0. The lowest BCUT2D eigenvalue weighted by molar-refractivity contribution is 0.489. The zero-order valence-electron chi connectivity index (χ0n) is 6.34. The van der Waals surface area contributed by atoms with Crippen LogP contribution in [0.2, 0.25) is 0 Å². The molecule has 2 saturated carbocycles. The van der Waals surface area contributed by atoms with Gasteiger partial charge in [0.05, 0.1) is 0 Å². The summed E-state index contributed by atoms with van der Waals surface area (Å²) in [5.41, 5.74) is 1.87. The van der Waals surface area contributed by atoms with E-state index in [1.165, 1.54) is 19.3 Å². The second-order valence-corrected chi connectivity index (χ2v) is 4.17. The van der Waals surface area contributed by atoms with E-state index in [4.69, 9.17) is 0 Å². The molecule has 0 aromatic carbocycles. The number of hydrogen-bond acceptors (Lipinski definition) is 0. The van der Waals surface area contributed by atoms with E-state index in [1.54, 1.807) is 12.8 Å². The van der Waals surface area contributed by atoms with Gasteiger partial charge in [0.2, 0.25) is 0 Å². The molecule has 2 fully saturated rings. The summed E-state index contributed by atoms with van der Waals surface area (Å²) >= 11 is 0. The van der Waals surface area contributed by atoms with Crippen LogP contribution < -0.4 is 0 Å². The molecule has 0 aliphatic heterocycles. The maximum absolute atomic E-state index is 2.55. The third-order valence-corrected chi connectivity index (χ3v) is 3.55. The molecule has 3 atom stereocenters. The van der Waals surface area contributed by atoms with E-state index >= 15 is 0 Å². The summed E-state index contributed by atoms with van der Waals surface area (Å²) in [4.78, 5) is 0. The van der Waals surface area contributed by atoms with Crippen molar-refractivity contribution in [3.05, 3.63) is 11.6 Å². The number of fused-ring (bicyclic) bond motifs is 3. The highest BCUT2D eigenvalue weighted by molar-refractivity contribution is 5.26. The first-order valence-corrected chi connectivity index (χ1v) is 4.65. The summed E-state index contributed by atoms with van der Waals surface area (Å²) in [6.45, 7) is 0. The lowest BCUT2D eigenvalue weighted by Gasteiger charge is -2.18. The van der Waals surface area contributed by atoms with Crippen molar-refractivity contribution in [2.75, 3.05) is 0 Å². The minimum atomic E-state index is 1.05. The third-order valence-electron chi connectivity index (χ3n) is 3.55. The van der Waals surface area contributed by atoms with Crippen molar-refractivity contribution < 1.29 is 0 Å². The molecule has 10 heavy (non-hydrogen) atoms. The Morgan fingerprint density at radius 2 is 2.30 bits per heavy atom. The Bertz CT molecular complexity index is 190. The first kappa shape index (κ1) is 5.40. The van der Waals surface area contributed by atoms with Gasteiger partial charge in [-0.05, 0) is 49.9 Å². The van der Waals surface area contributed by atoms with Crippen molar-refractivity contribution in [3.8, 4) is 0 Å². The van der Waals surface area contributed by atoms with Crippen LogP contribution in [-0.2, 0) is 0 Å². The summed E-state index contributed by atoms with van der Waals surface area (Å²) in [5, 5.41) is 0. The van der Waals surface area contributed by atoms with Crippen molar-refractivity contribution in [2.24, 2.45) is 17.8 Å². The zero-order chi connectivity index (χ0) is 6.55. The highest BCUT2D eigenvalue weighted by Crippen LogP contribution is 2.59. The standard InChI is InChI=1S/C10H14/c1-2-4-9-7(3-1)5-8-6-10(8)9/h4,7-8,10H,1-3,5-6H2. The quantitative estimate of drug-likeness (QED) is 0.447. The third kappa shape index (κ3) is 0.574. The van der Waals surface area contributed by atoms with E-state index in [-0.39, 0.29) is 0 Å². The highest BCUT2D eigenvalue weighted by Gasteiger charge is 2.49. The fourth-order valence-electron chi connectivity index (χ4n) is 2.96. The van der Waals surface area contributed by atoms with E-state index in [0.717, 1.165) is 17.8 Å². The van der Waals surface area contributed by atoms with Crippen LogP contribution in [0.1, 0.15) is 32.1 Å². The van der Waals surface area contributed by atoms with Crippen molar-refractivity contribution in [3.63, 3.8) is 0 Å². The maximum Gasteiger partial charge on any atom is -0.0169 e. The minimum absolute atomic E-state index is 1.05. The maximum atomic E-state index is 2.55. The Morgan fingerprint density at radius 1 is 1.30 bits per heavy atom. The van der Waals surface area contributed by atoms with Crippen LogP contribution in [0.4, 0.5) is 0 Å². The van der Waals surface area contributed by atoms with E-state index in [1.807, 2.05) is 5.57 Å². The summed E-state index contributed by atoms with van der Waals surface area (Å²) in [7, 11) is 0. The van der Waals surface area contributed by atoms with E-state index < -0.39 is 0 Å². The molecule has 0 aromatic rings. The van der Waals surface area contributed by atoms with Crippen LogP contribution >= 0.6 is 0 Å². The molecule has 0 saturated heterocycles. The smallest absolute Gasteiger partial charge is 0.0169 e. The molecule has 0 amide bonds. The van der Waals surface area contributed by atoms with E-state index in [2.05, 4.69) is 6.08 Å². The molecule has 0 N–H and O–H groups in total. The van der Waals surface area contributed by atoms with Crippen LogP contribution in [0, 0.1) is 17.8 Å². The molecule has 3 rings (SSSR count). The van der Waals surface area contributed by atoms with Crippen LogP contribution in [0.15, 0.2) is 11.6 Å². The summed E-state index contributed by atoms with van der Waals surface area (Å²) in [6, 6.07) is 0. The first-order chi connectivity index (χ1) is 4.95. The van der Waals surface area contributed by atoms with Gasteiger partial charge in [-0.3, -0.25) is 0 Å². The number of allylic oxidation sites excluding steroid dienone is 2. The molecule has 0 heteroatoms. The molecule has 54 valence electrons. The minimum Gasteiger partial charge on any atom is -0.0848 e. The molecular formula is C10H14. The molecule has 0 heterocycles. The number of hydrogen-bond donors (Lipinski definition) is 0. The Labute approximate surface area is 62.3 Å². The van der Waals surface area contributed by atoms with Gasteiger partial charge in [-0.2, -0.15) is 0 Å². The summed E-state index contributed by atoms with van der Waals surface area (Å²) in [5.74, 6) is 3.29. The molecule has 3 aliphatic carbocycles. The van der Waals surface area contributed by atoms with Gasteiger partial charge >= 0.3 is 0 Å². The van der Waals surface area contributed by atoms with Gasteiger partial charge in [0.15, 0.2) is 0 Å². The second-order valence-electron chi connectivity index (χ2n) is 4.17. The largest absolute Gasteiger partial charge is 0.0848 e. The first-order valence-electron chi connectivity index (χ1n) is 4.65. The van der Waals surface area contributed by atoms with Crippen molar-refractivity contribution in [1.82, 2.24) is 0 Å². The Kier molecular flexibility index (Phi) is 0.898. The normalized spacial score (nSPS) is 49.6. The zero-order valence-corrected chi connectivity index (χ0v) is 6.34. The predicted molar refractivity (Wildman–Crippen MR) is 41.6 cm³/mol. The number of rotatable bonds is 0. The van der Waals surface area contributed by atoms with Gasteiger partial charge in [-0.25, -0.2) is 0 Å². The Hall–Kier alpha value is -0.260. The molecule has 0 bridgehead atoms. The molecule has 0 spiro atoms.